The van der Waals surface area contributed by atoms with Gasteiger partial charge in [-0.1, -0.05) is 6.07 Å². The zero-order valence-corrected chi connectivity index (χ0v) is 15.4. The van der Waals surface area contributed by atoms with E-state index >= 15 is 0 Å². The van der Waals surface area contributed by atoms with Crippen LogP contribution in [0.4, 0.5) is 11.4 Å². The molecule has 0 unspecified atom stereocenters. The Morgan fingerprint density at radius 1 is 1.19 bits per heavy atom. The quantitative estimate of drug-likeness (QED) is 0.624. The molecule has 1 aromatic rings. The average Bonchev–Trinajstić information content (AvgIpc) is 3.45. The summed E-state index contributed by atoms with van der Waals surface area (Å²) in [6, 6.07) is 5.54. The van der Waals surface area contributed by atoms with Gasteiger partial charge in [0.2, 0.25) is 5.91 Å². The number of carbonyl (C=O) groups is 3. The van der Waals surface area contributed by atoms with Gasteiger partial charge < -0.3 is 20.4 Å². The molecule has 0 saturated heterocycles. The zero-order valence-electron chi connectivity index (χ0n) is 15.4. The lowest BCUT2D eigenvalue weighted by Gasteiger charge is -2.30. The highest BCUT2D eigenvalue weighted by Crippen LogP contribution is 2.36. The number of benzene rings is 1. The fraction of sp³-hybridized carbons (Fsp3) is 0.526. The lowest BCUT2D eigenvalue weighted by atomic mass is 10.0. The SMILES string of the molecule is C[NH+](C)CCNC(=O)C(=O)Nc1ccc2c(c1)N(C(=O)C1CC1)CCC2. The van der Waals surface area contributed by atoms with Crippen LogP contribution in [0.5, 0.6) is 0 Å². The Balaban J connectivity index is 1.65. The second-order valence-electron chi connectivity index (χ2n) is 7.38. The minimum atomic E-state index is -0.686. The van der Waals surface area contributed by atoms with Crippen molar-refractivity contribution in [2.75, 3.05) is 43.9 Å². The first-order valence-electron chi connectivity index (χ1n) is 9.28. The Kier molecular flexibility index (Phi) is 5.56. The Morgan fingerprint density at radius 2 is 1.96 bits per heavy atom. The Labute approximate surface area is 153 Å². The summed E-state index contributed by atoms with van der Waals surface area (Å²) in [7, 11) is 3.96. The van der Waals surface area contributed by atoms with Crippen LogP contribution in [-0.4, -0.2) is 51.5 Å². The van der Waals surface area contributed by atoms with E-state index in [0.29, 0.717) is 18.8 Å². The molecular formula is C19H27N4O3+. The van der Waals surface area contributed by atoms with Crippen LogP contribution in [0.25, 0.3) is 0 Å². The fourth-order valence-electron chi connectivity index (χ4n) is 3.13. The van der Waals surface area contributed by atoms with Crippen LogP contribution < -0.4 is 20.4 Å². The molecule has 1 saturated carbocycles. The lowest BCUT2D eigenvalue weighted by Crippen LogP contribution is -3.06. The molecule has 3 amide bonds. The van der Waals surface area contributed by atoms with Gasteiger partial charge in [0, 0.05) is 23.8 Å². The van der Waals surface area contributed by atoms with Gasteiger partial charge in [-0.15, -0.1) is 0 Å². The average molecular weight is 359 g/mol. The highest BCUT2D eigenvalue weighted by molar-refractivity contribution is 6.39. The molecule has 7 nitrogen and oxygen atoms in total. The van der Waals surface area contributed by atoms with Crippen molar-refractivity contribution in [1.29, 1.82) is 0 Å². The van der Waals surface area contributed by atoms with E-state index in [4.69, 9.17) is 0 Å². The largest absolute Gasteiger partial charge is 0.342 e. The Bertz CT molecular complexity index is 713. The van der Waals surface area contributed by atoms with Gasteiger partial charge in [0.1, 0.15) is 0 Å². The van der Waals surface area contributed by atoms with E-state index in [9.17, 15) is 14.4 Å². The molecule has 7 heteroatoms. The van der Waals surface area contributed by atoms with E-state index < -0.39 is 11.8 Å². The van der Waals surface area contributed by atoms with Crippen LogP contribution in [0.2, 0.25) is 0 Å². The number of hydrogen-bond donors (Lipinski definition) is 3. The van der Waals surface area contributed by atoms with E-state index in [1.165, 1.54) is 4.90 Å². The molecule has 3 rings (SSSR count). The first kappa shape index (κ1) is 18.4. The summed E-state index contributed by atoms with van der Waals surface area (Å²) in [5, 5.41) is 5.25. The molecular weight excluding hydrogens is 332 g/mol. The maximum atomic E-state index is 12.5. The normalized spacial score (nSPS) is 16.2. The summed E-state index contributed by atoms with van der Waals surface area (Å²) in [6.45, 7) is 1.91. The number of fused-ring (bicyclic) bond motifs is 1. The third-order valence-corrected chi connectivity index (χ3v) is 4.77. The van der Waals surface area contributed by atoms with Gasteiger partial charge in [0.25, 0.3) is 0 Å². The van der Waals surface area contributed by atoms with Crippen molar-refractivity contribution < 1.29 is 19.3 Å². The molecule has 1 aromatic carbocycles. The highest BCUT2D eigenvalue weighted by Gasteiger charge is 2.35. The zero-order chi connectivity index (χ0) is 18.7. The number of rotatable bonds is 5. The minimum absolute atomic E-state index is 0.156. The van der Waals surface area contributed by atoms with Gasteiger partial charge in [0.15, 0.2) is 0 Å². The van der Waals surface area contributed by atoms with E-state index in [1.54, 1.807) is 6.07 Å². The van der Waals surface area contributed by atoms with Gasteiger partial charge in [-0.2, -0.15) is 0 Å². The molecule has 26 heavy (non-hydrogen) atoms. The summed E-state index contributed by atoms with van der Waals surface area (Å²) >= 11 is 0. The van der Waals surface area contributed by atoms with Crippen LogP contribution in [0, 0.1) is 5.92 Å². The molecule has 0 atom stereocenters. The van der Waals surface area contributed by atoms with Crippen LogP contribution >= 0.6 is 0 Å². The van der Waals surface area contributed by atoms with Crippen molar-refractivity contribution in [1.82, 2.24) is 5.32 Å². The second kappa shape index (κ2) is 7.86. The number of likely N-dealkylation sites (N-methyl/N-ethyl adjacent to an activating group) is 1. The molecule has 0 radical (unpaired) electrons. The maximum Gasteiger partial charge on any atom is 0.313 e. The molecule has 1 heterocycles. The van der Waals surface area contributed by atoms with E-state index in [1.807, 2.05) is 31.1 Å². The second-order valence-corrected chi connectivity index (χ2v) is 7.38. The number of anilines is 2. The van der Waals surface area contributed by atoms with Crippen LogP contribution in [-0.2, 0) is 20.8 Å². The number of nitrogens with one attached hydrogen (secondary N) is 3. The monoisotopic (exact) mass is 359 g/mol. The first-order chi connectivity index (χ1) is 12.5. The molecule has 0 spiro atoms. The smallest absolute Gasteiger partial charge is 0.313 e. The number of hydrogen-bond acceptors (Lipinski definition) is 3. The van der Waals surface area contributed by atoms with E-state index in [2.05, 4.69) is 10.6 Å². The van der Waals surface area contributed by atoms with Gasteiger partial charge in [-0.25, -0.2) is 0 Å². The summed E-state index contributed by atoms with van der Waals surface area (Å²) in [4.78, 5) is 39.5. The van der Waals surface area contributed by atoms with Crippen molar-refractivity contribution in [2.45, 2.75) is 25.7 Å². The van der Waals surface area contributed by atoms with Gasteiger partial charge in [-0.3, -0.25) is 14.4 Å². The van der Waals surface area contributed by atoms with E-state index in [-0.39, 0.29) is 11.8 Å². The first-order valence-corrected chi connectivity index (χ1v) is 9.28. The molecule has 1 fully saturated rings. The standard InChI is InChI=1S/C19H26N4O3/c1-22(2)11-9-20-17(24)18(25)21-15-8-7-13-4-3-10-23(16(13)12-15)19(26)14-5-6-14/h7-8,12,14H,3-6,9-11H2,1-2H3,(H,20,24)(H,21,25)/p+1. The molecule has 1 aliphatic heterocycles. The number of quaternary nitrogens is 1. The third kappa shape index (κ3) is 4.40. The molecule has 1 aliphatic carbocycles. The van der Waals surface area contributed by atoms with E-state index in [0.717, 1.165) is 43.5 Å². The molecule has 2 aliphatic rings. The van der Waals surface area contributed by atoms with Crippen LogP contribution in [0.3, 0.4) is 0 Å². The van der Waals surface area contributed by atoms with Crippen molar-refractivity contribution >= 4 is 29.1 Å². The fourth-order valence-corrected chi connectivity index (χ4v) is 3.13. The summed E-state index contributed by atoms with van der Waals surface area (Å²) in [6.07, 6.45) is 3.81. The lowest BCUT2D eigenvalue weighted by molar-refractivity contribution is -0.856. The molecule has 0 aromatic heterocycles. The van der Waals surface area contributed by atoms with Gasteiger partial charge in [0.05, 0.1) is 27.2 Å². The van der Waals surface area contributed by atoms with Crippen molar-refractivity contribution in [3.63, 3.8) is 0 Å². The van der Waals surface area contributed by atoms with Gasteiger partial charge >= 0.3 is 11.8 Å². The Morgan fingerprint density at radius 3 is 2.65 bits per heavy atom. The molecule has 0 bridgehead atoms. The number of aryl methyl sites for hydroxylation is 1. The molecule has 3 N–H and O–H groups in total. The van der Waals surface area contributed by atoms with Crippen LogP contribution in [0.1, 0.15) is 24.8 Å². The van der Waals surface area contributed by atoms with Crippen LogP contribution in [0.15, 0.2) is 18.2 Å². The summed E-state index contributed by atoms with van der Waals surface area (Å²) in [5.74, 6) is -0.994. The third-order valence-electron chi connectivity index (χ3n) is 4.77. The van der Waals surface area contributed by atoms with Crippen molar-refractivity contribution in [3.8, 4) is 0 Å². The molecule has 140 valence electrons. The summed E-state index contributed by atoms with van der Waals surface area (Å²) < 4.78 is 0. The number of carbonyl (C=O) groups excluding carboxylic acids is 3. The topological polar surface area (TPSA) is 82.9 Å². The predicted octanol–water partition coefficient (Wildman–Crippen LogP) is -0.425. The number of amides is 3. The van der Waals surface area contributed by atoms with Gasteiger partial charge in [-0.05, 0) is 43.4 Å². The minimum Gasteiger partial charge on any atom is -0.342 e. The highest BCUT2D eigenvalue weighted by atomic mass is 16.2. The maximum absolute atomic E-state index is 12.5. The summed E-state index contributed by atoms with van der Waals surface area (Å²) in [5.41, 5.74) is 2.52. The number of nitrogens with zero attached hydrogens (tertiary/aromatic N) is 1. The predicted molar refractivity (Wildman–Crippen MR) is 99.2 cm³/mol. The van der Waals surface area contributed by atoms with Crippen molar-refractivity contribution in [2.24, 2.45) is 5.92 Å². The Hall–Kier alpha value is -2.41. The van der Waals surface area contributed by atoms with Crippen molar-refractivity contribution in [3.05, 3.63) is 23.8 Å².